The van der Waals surface area contributed by atoms with Gasteiger partial charge in [-0.2, -0.15) is 0 Å². The lowest BCUT2D eigenvalue weighted by atomic mass is 10.0. The molecular weight excluding hydrogens is 448 g/mol. The molecule has 0 aliphatic carbocycles. The number of nitrogens with zero attached hydrogens (tertiary/aromatic N) is 1. The van der Waals surface area contributed by atoms with E-state index in [1.807, 2.05) is 0 Å². The number of aryl methyl sites for hydroxylation is 1. The Labute approximate surface area is 193 Å². The van der Waals surface area contributed by atoms with Crippen LogP contribution in [0, 0.1) is 0 Å². The average molecular weight is 469 g/mol. The number of hydrogen-bond acceptors (Lipinski definition) is 5. The number of halogens is 2. The third-order valence-electron chi connectivity index (χ3n) is 5.83. The van der Waals surface area contributed by atoms with Gasteiger partial charge in [0, 0.05) is 24.1 Å². The van der Waals surface area contributed by atoms with Crippen molar-refractivity contribution in [2.24, 2.45) is 0 Å². The van der Waals surface area contributed by atoms with Crippen LogP contribution in [0.5, 0.6) is 0 Å². The smallest absolute Gasteiger partial charge is 0.263 e. The molecular formula is C24H21F2N3O5. The Bertz CT molecular complexity index is 1200. The molecule has 2 N–H and O–H groups in total. The summed E-state index contributed by atoms with van der Waals surface area (Å²) in [6, 6.07) is 9.06. The minimum absolute atomic E-state index is 0.0488. The van der Waals surface area contributed by atoms with Gasteiger partial charge >= 0.3 is 0 Å². The molecule has 0 spiro atoms. The number of piperidine rings is 1. The fourth-order valence-electron chi connectivity index (χ4n) is 4.09. The van der Waals surface area contributed by atoms with Crippen LogP contribution in [0.2, 0.25) is 0 Å². The molecule has 5 amide bonds. The molecule has 0 bridgehead atoms. The maximum absolute atomic E-state index is 12.9. The van der Waals surface area contributed by atoms with E-state index in [0.29, 0.717) is 12.8 Å². The second kappa shape index (κ2) is 9.50. The van der Waals surface area contributed by atoms with Gasteiger partial charge in [0.15, 0.2) is 0 Å². The Kier molecular flexibility index (Phi) is 6.49. The lowest BCUT2D eigenvalue weighted by Gasteiger charge is -2.27. The third-order valence-corrected chi connectivity index (χ3v) is 5.83. The lowest BCUT2D eigenvalue weighted by molar-refractivity contribution is -0.136. The number of rotatable bonds is 7. The van der Waals surface area contributed by atoms with Gasteiger partial charge in [-0.25, -0.2) is 8.78 Å². The van der Waals surface area contributed by atoms with Gasteiger partial charge < -0.3 is 5.32 Å². The van der Waals surface area contributed by atoms with Crippen molar-refractivity contribution >= 4 is 29.5 Å². The van der Waals surface area contributed by atoms with Crippen molar-refractivity contribution < 1.29 is 32.8 Å². The third kappa shape index (κ3) is 4.57. The summed E-state index contributed by atoms with van der Waals surface area (Å²) < 4.78 is 25.6. The topological polar surface area (TPSA) is 113 Å². The number of benzene rings is 2. The van der Waals surface area contributed by atoms with Crippen molar-refractivity contribution in [1.82, 2.24) is 15.5 Å². The number of amides is 5. The summed E-state index contributed by atoms with van der Waals surface area (Å²) in [7, 11) is 0. The van der Waals surface area contributed by atoms with Gasteiger partial charge in [0.05, 0.1) is 11.1 Å². The molecule has 0 saturated carbocycles. The second-order valence-electron chi connectivity index (χ2n) is 8.11. The minimum atomic E-state index is -2.66. The maximum atomic E-state index is 12.9. The summed E-state index contributed by atoms with van der Waals surface area (Å²) in [5.74, 6) is -2.71. The lowest BCUT2D eigenvalue weighted by Crippen LogP contribution is -2.54. The number of fused-ring (bicyclic) bond motifs is 1. The molecule has 0 radical (unpaired) electrons. The van der Waals surface area contributed by atoms with Gasteiger partial charge in [-0.1, -0.05) is 18.2 Å². The summed E-state index contributed by atoms with van der Waals surface area (Å²) >= 11 is 0. The van der Waals surface area contributed by atoms with Gasteiger partial charge in [-0.3, -0.25) is 34.2 Å². The van der Waals surface area contributed by atoms with Crippen LogP contribution in [0.25, 0.3) is 0 Å². The van der Waals surface area contributed by atoms with E-state index in [1.165, 1.54) is 24.3 Å². The summed E-state index contributed by atoms with van der Waals surface area (Å²) in [5.41, 5.74) is 1.08. The highest BCUT2D eigenvalue weighted by Crippen LogP contribution is 2.28. The van der Waals surface area contributed by atoms with Crippen molar-refractivity contribution in [3.05, 3.63) is 70.3 Å². The second-order valence-corrected chi connectivity index (χ2v) is 8.11. The first kappa shape index (κ1) is 23.2. The molecule has 34 heavy (non-hydrogen) atoms. The molecule has 176 valence electrons. The Morgan fingerprint density at radius 3 is 2.56 bits per heavy atom. The fourth-order valence-corrected chi connectivity index (χ4v) is 4.09. The molecule has 2 aromatic carbocycles. The molecule has 2 heterocycles. The predicted octanol–water partition coefficient (Wildman–Crippen LogP) is 2.39. The summed E-state index contributed by atoms with van der Waals surface area (Å²) in [5, 5.41) is 4.83. The highest BCUT2D eigenvalue weighted by molar-refractivity contribution is 6.23. The number of nitrogens with one attached hydrogen (secondary N) is 2. The Hall–Kier alpha value is -3.95. The number of alkyl halides is 2. The van der Waals surface area contributed by atoms with Crippen LogP contribution in [0.1, 0.15) is 67.9 Å². The molecule has 2 aliphatic heterocycles. The standard InChI is InChI=1S/C24H21F2N3O5/c25-20(26)14-4-1-5-15(12-14)21(31)27-10-2-3-13-6-7-16-17(11-13)24(34)29(23(16)33)18-8-9-19(30)28-22(18)32/h1,4-7,11-12,18,20H,2-3,8-10H2,(H,27,31)(H,28,30,32). The van der Waals surface area contributed by atoms with Gasteiger partial charge in [-0.15, -0.1) is 0 Å². The summed E-state index contributed by atoms with van der Waals surface area (Å²) in [6.07, 6.45) is -1.52. The van der Waals surface area contributed by atoms with E-state index < -0.39 is 42.0 Å². The van der Waals surface area contributed by atoms with Crippen molar-refractivity contribution in [2.75, 3.05) is 6.54 Å². The van der Waals surface area contributed by atoms with E-state index >= 15 is 0 Å². The molecule has 8 nitrogen and oxygen atoms in total. The Balaban J connectivity index is 1.35. The number of carbonyl (C=O) groups excluding carboxylic acids is 5. The Morgan fingerprint density at radius 2 is 1.82 bits per heavy atom. The van der Waals surface area contributed by atoms with E-state index in [2.05, 4.69) is 10.6 Å². The number of hydrogen-bond donors (Lipinski definition) is 2. The molecule has 2 aliphatic rings. The first-order valence-electron chi connectivity index (χ1n) is 10.8. The highest BCUT2D eigenvalue weighted by Gasteiger charge is 2.44. The largest absolute Gasteiger partial charge is 0.352 e. The maximum Gasteiger partial charge on any atom is 0.263 e. The van der Waals surface area contributed by atoms with Crippen LogP contribution in [-0.2, 0) is 16.0 Å². The normalized spacial score (nSPS) is 17.7. The van der Waals surface area contributed by atoms with E-state index in [0.717, 1.165) is 16.5 Å². The van der Waals surface area contributed by atoms with Crippen molar-refractivity contribution in [3.63, 3.8) is 0 Å². The van der Waals surface area contributed by atoms with Crippen LogP contribution in [0.15, 0.2) is 42.5 Å². The Morgan fingerprint density at radius 1 is 1.06 bits per heavy atom. The molecule has 0 aromatic heterocycles. The molecule has 4 rings (SSSR count). The zero-order valence-corrected chi connectivity index (χ0v) is 18.0. The van der Waals surface area contributed by atoms with Gasteiger partial charge in [0.1, 0.15) is 6.04 Å². The van der Waals surface area contributed by atoms with Crippen molar-refractivity contribution in [2.45, 2.75) is 38.2 Å². The van der Waals surface area contributed by atoms with Crippen molar-refractivity contribution in [1.29, 1.82) is 0 Å². The zero-order chi connectivity index (χ0) is 24.4. The van der Waals surface area contributed by atoms with Crippen LogP contribution in [-0.4, -0.2) is 47.0 Å². The average Bonchev–Trinajstić information content (AvgIpc) is 3.06. The van der Waals surface area contributed by atoms with E-state index in [1.54, 1.807) is 12.1 Å². The molecule has 2 aromatic rings. The first-order valence-corrected chi connectivity index (χ1v) is 10.8. The van der Waals surface area contributed by atoms with Crippen LogP contribution >= 0.6 is 0 Å². The van der Waals surface area contributed by atoms with Gasteiger partial charge in [-0.05, 0) is 49.1 Å². The molecule has 1 atom stereocenters. The number of carbonyl (C=O) groups is 5. The highest BCUT2D eigenvalue weighted by atomic mass is 19.3. The SMILES string of the molecule is O=C1CCC(N2C(=O)c3ccc(CCCNC(=O)c4cccc(C(F)F)c4)cc3C2=O)C(=O)N1. The fraction of sp³-hybridized carbons (Fsp3) is 0.292. The van der Waals surface area contributed by atoms with Gasteiger partial charge in [0.25, 0.3) is 24.1 Å². The monoisotopic (exact) mass is 469 g/mol. The van der Waals surface area contributed by atoms with Crippen LogP contribution in [0.3, 0.4) is 0 Å². The van der Waals surface area contributed by atoms with E-state index in [4.69, 9.17) is 0 Å². The van der Waals surface area contributed by atoms with E-state index in [9.17, 15) is 32.8 Å². The quantitative estimate of drug-likeness (QED) is 0.478. The first-order chi connectivity index (χ1) is 16.3. The molecule has 1 saturated heterocycles. The van der Waals surface area contributed by atoms with Crippen LogP contribution in [0.4, 0.5) is 8.78 Å². The zero-order valence-electron chi connectivity index (χ0n) is 18.0. The van der Waals surface area contributed by atoms with Crippen molar-refractivity contribution in [3.8, 4) is 0 Å². The minimum Gasteiger partial charge on any atom is -0.352 e. The number of imide groups is 2. The molecule has 1 fully saturated rings. The predicted molar refractivity (Wildman–Crippen MR) is 115 cm³/mol. The molecule has 10 heteroatoms. The molecule has 1 unspecified atom stereocenters. The van der Waals surface area contributed by atoms with Gasteiger partial charge in [0.2, 0.25) is 11.8 Å². The summed E-state index contributed by atoms with van der Waals surface area (Å²) in [6.45, 7) is 0.282. The van der Waals surface area contributed by atoms with E-state index in [-0.39, 0.29) is 41.6 Å². The van der Waals surface area contributed by atoms with Crippen LogP contribution < -0.4 is 10.6 Å². The summed E-state index contributed by atoms with van der Waals surface area (Å²) in [4.78, 5) is 62.2.